The molecule has 2 aliphatic rings. The summed E-state index contributed by atoms with van der Waals surface area (Å²) in [6.07, 6.45) is -5.13. The van der Waals surface area contributed by atoms with Gasteiger partial charge in [0.2, 0.25) is 0 Å². The van der Waals surface area contributed by atoms with E-state index in [1.54, 1.807) is 0 Å². The average Bonchev–Trinajstić information content (AvgIpc) is 3.37. The van der Waals surface area contributed by atoms with Gasteiger partial charge < -0.3 is 9.80 Å². The van der Waals surface area contributed by atoms with Gasteiger partial charge >= 0.3 is 12.2 Å². The molecule has 39 heavy (non-hydrogen) atoms. The zero-order chi connectivity index (χ0) is 28.9. The molecule has 1 aromatic heterocycles. The van der Waals surface area contributed by atoms with Crippen molar-refractivity contribution in [3.8, 4) is 0 Å². The second-order valence-electron chi connectivity index (χ2n) is 9.44. The number of benzene rings is 1. The number of carbonyl (C=O) groups is 2. The van der Waals surface area contributed by atoms with Gasteiger partial charge in [-0.3, -0.25) is 14.6 Å². The van der Waals surface area contributed by atoms with Crippen LogP contribution in [-0.2, 0) is 11.0 Å². The molecule has 7 nitrogen and oxygen atoms in total. The van der Waals surface area contributed by atoms with Crippen LogP contribution in [0, 0.1) is 18.6 Å². The molecule has 0 aliphatic carbocycles. The van der Waals surface area contributed by atoms with Crippen molar-refractivity contribution in [3.63, 3.8) is 0 Å². The molecule has 2 saturated heterocycles. The zero-order valence-corrected chi connectivity index (χ0v) is 21.5. The van der Waals surface area contributed by atoms with Gasteiger partial charge in [-0.15, -0.1) is 0 Å². The monoisotopic (exact) mass is 581 g/mol. The Morgan fingerprint density at radius 2 is 1.90 bits per heavy atom. The highest BCUT2D eigenvalue weighted by atomic mass is 35.5. The summed E-state index contributed by atoms with van der Waals surface area (Å²) in [5.74, 6) is -6.58. The van der Waals surface area contributed by atoms with Crippen molar-refractivity contribution in [2.24, 2.45) is 0 Å². The number of aryl methyl sites for hydroxylation is 1. The van der Waals surface area contributed by atoms with Gasteiger partial charge in [-0.2, -0.15) is 13.2 Å². The van der Waals surface area contributed by atoms with Crippen LogP contribution in [0.5, 0.6) is 0 Å². The Balaban J connectivity index is 1.67. The molecule has 2 aliphatic heterocycles. The number of halogens is 8. The highest BCUT2D eigenvalue weighted by molar-refractivity contribution is 6.31. The summed E-state index contributed by atoms with van der Waals surface area (Å²) in [6.45, 7) is 0.436. The smallest absolute Gasteiger partial charge is 0.320 e. The molecule has 2 aromatic rings. The molecule has 1 aromatic carbocycles. The molecule has 0 spiro atoms. The quantitative estimate of drug-likeness (QED) is 0.358. The van der Waals surface area contributed by atoms with Crippen molar-refractivity contribution in [2.45, 2.75) is 31.5 Å². The molecule has 212 valence electrons. The normalized spacial score (nSPS) is 19.7. The minimum absolute atomic E-state index is 0.0309. The summed E-state index contributed by atoms with van der Waals surface area (Å²) in [5, 5.41) is -0.870. The van der Waals surface area contributed by atoms with E-state index in [-0.39, 0.29) is 38.3 Å². The summed E-state index contributed by atoms with van der Waals surface area (Å²) >= 11 is 5.63. The summed E-state index contributed by atoms with van der Waals surface area (Å²) < 4.78 is 96.0. The lowest BCUT2D eigenvalue weighted by Crippen LogP contribution is -2.47. The standard InChI is InChI=1S/C24H23ClF7N5O2/c1-13-9-14(24(30,31)32)10-18(33-13)37-17(21(38)34(2)16-4-3-15(26)19(25)20(16)27)11-36(22(37)39)8-7-35-6-5-23(28,29)12-35/h3-4,9-10,17H,5-8,11-12H2,1-2H3/t17-/m0/s1. The SMILES string of the molecule is Cc1cc(C(F)(F)F)cc(N2C(=O)N(CCN3CCC(F)(F)C3)C[C@H]2C(=O)N(C)c2ccc(F)c(Cl)c2F)n1. The first-order valence-electron chi connectivity index (χ1n) is 11.7. The van der Waals surface area contributed by atoms with Crippen LogP contribution in [0.4, 0.5) is 47.0 Å². The van der Waals surface area contributed by atoms with Gasteiger partial charge in [0.25, 0.3) is 11.8 Å². The number of urea groups is 1. The third-order valence-electron chi connectivity index (χ3n) is 6.62. The molecule has 15 heteroatoms. The van der Waals surface area contributed by atoms with Gasteiger partial charge in [-0.25, -0.2) is 27.3 Å². The topological polar surface area (TPSA) is 60.0 Å². The van der Waals surface area contributed by atoms with Crippen molar-refractivity contribution in [3.05, 3.63) is 52.2 Å². The van der Waals surface area contributed by atoms with Gasteiger partial charge in [0.1, 0.15) is 22.7 Å². The van der Waals surface area contributed by atoms with E-state index in [0.717, 1.165) is 39.9 Å². The predicted octanol–water partition coefficient (Wildman–Crippen LogP) is 4.96. The lowest BCUT2D eigenvalue weighted by atomic mass is 10.1. The predicted molar refractivity (Wildman–Crippen MR) is 128 cm³/mol. The van der Waals surface area contributed by atoms with Crippen LogP contribution in [0.2, 0.25) is 5.02 Å². The number of likely N-dealkylation sites (N-methyl/N-ethyl adjacent to an activating group) is 1. The maximum absolute atomic E-state index is 14.7. The fourth-order valence-electron chi connectivity index (χ4n) is 4.60. The van der Waals surface area contributed by atoms with Crippen molar-refractivity contribution in [2.75, 3.05) is 49.6 Å². The molecule has 0 radical (unpaired) electrons. The third kappa shape index (κ3) is 5.91. The van der Waals surface area contributed by atoms with Crippen molar-refractivity contribution in [1.82, 2.24) is 14.8 Å². The fourth-order valence-corrected chi connectivity index (χ4v) is 4.76. The van der Waals surface area contributed by atoms with Gasteiger partial charge in [0.05, 0.1) is 24.3 Å². The molecular formula is C24H23ClF7N5O2. The number of carbonyl (C=O) groups excluding carboxylic acids is 2. The lowest BCUT2D eigenvalue weighted by Gasteiger charge is -2.27. The Morgan fingerprint density at radius 1 is 1.21 bits per heavy atom. The van der Waals surface area contributed by atoms with Crippen LogP contribution >= 0.6 is 11.6 Å². The summed E-state index contributed by atoms with van der Waals surface area (Å²) in [5.41, 5.74) is -1.61. The summed E-state index contributed by atoms with van der Waals surface area (Å²) in [7, 11) is 1.14. The zero-order valence-electron chi connectivity index (χ0n) is 20.7. The highest BCUT2D eigenvalue weighted by Crippen LogP contribution is 2.35. The first-order valence-corrected chi connectivity index (χ1v) is 12.1. The van der Waals surface area contributed by atoms with E-state index in [4.69, 9.17) is 11.6 Å². The van der Waals surface area contributed by atoms with Crippen LogP contribution in [0.15, 0.2) is 24.3 Å². The minimum Gasteiger partial charge on any atom is -0.320 e. The van der Waals surface area contributed by atoms with Crippen LogP contribution in [0.25, 0.3) is 0 Å². The number of alkyl halides is 5. The molecular weight excluding hydrogens is 559 g/mol. The van der Waals surface area contributed by atoms with E-state index in [9.17, 15) is 40.3 Å². The van der Waals surface area contributed by atoms with Gasteiger partial charge in [0, 0.05) is 38.8 Å². The number of aromatic nitrogens is 1. The molecule has 3 heterocycles. The Labute approximate surface area is 223 Å². The van der Waals surface area contributed by atoms with Crippen molar-refractivity contribution >= 4 is 35.0 Å². The molecule has 0 N–H and O–H groups in total. The number of pyridine rings is 1. The lowest BCUT2D eigenvalue weighted by molar-refractivity contribution is -0.137. The number of anilines is 2. The van der Waals surface area contributed by atoms with Gasteiger partial charge in [-0.05, 0) is 31.2 Å². The molecule has 4 rings (SSSR count). The van der Waals surface area contributed by atoms with Gasteiger partial charge in [-0.1, -0.05) is 11.6 Å². The maximum atomic E-state index is 14.7. The number of likely N-dealkylation sites (tertiary alicyclic amines) is 1. The molecule has 0 unspecified atom stereocenters. The van der Waals surface area contributed by atoms with E-state index in [0.29, 0.717) is 6.07 Å². The van der Waals surface area contributed by atoms with Crippen LogP contribution in [-0.4, -0.2) is 78.5 Å². The molecule has 1 atom stereocenters. The third-order valence-corrected chi connectivity index (χ3v) is 6.97. The second kappa shape index (κ2) is 10.5. The van der Waals surface area contributed by atoms with Crippen molar-refractivity contribution in [1.29, 1.82) is 0 Å². The number of nitrogens with zero attached hydrogens (tertiary/aromatic N) is 5. The molecule has 0 bridgehead atoms. The van der Waals surface area contributed by atoms with E-state index in [1.165, 1.54) is 11.8 Å². The van der Waals surface area contributed by atoms with E-state index < -0.39 is 70.3 Å². The van der Waals surface area contributed by atoms with Gasteiger partial charge in [0.15, 0.2) is 5.82 Å². The first-order chi connectivity index (χ1) is 18.1. The summed E-state index contributed by atoms with van der Waals surface area (Å²) in [4.78, 5) is 35.1. The van der Waals surface area contributed by atoms with Crippen LogP contribution < -0.4 is 9.80 Å². The number of hydrogen-bond donors (Lipinski definition) is 0. The van der Waals surface area contributed by atoms with E-state index >= 15 is 0 Å². The van der Waals surface area contributed by atoms with E-state index in [2.05, 4.69) is 4.98 Å². The maximum Gasteiger partial charge on any atom is 0.416 e. The van der Waals surface area contributed by atoms with Crippen molar-refractivity contribution < 1.29 is 40.3 Å². The minimum atomic E-state index is -4.78. The largest absolute Gasteiger partial charge is 0.416 e. The Kier molecular flexibility index (Phi) is 7.74. The van der Waals surface area contributed by atoms with Crippen LogP contribution in [0.1, 0.15) is 17.7 Å². The first kappa shape index (κ1) is 28.9. The number of rotatable bonds is 6. The number of hydrogen-bond acceptors (Lipinski definition) is 4. The van der Waals surface area contributed by atoms with E-state index in [1.807, 2.05) is 0 Å². The highest BCUT2D eigenvalue weighted by Gasteiger charge is 2.46. The Morgan fingerprint density at radius 3 is 2.51 bits per heavy atom. The second-order valence-corrected chi connectivity index (χ2v) is 9.82. The van der Waals surface area contributed by atoms with Crippen LogP contribution in [0.3, 0.4) is 0 Å². The summed E-state index contributed by atoms with van der Waals surface area (Å²) in [6, 6.07) is 0.822. The average molecular weight is 582 g/mol. The molecule has 3 amide bonds. The molecule has 2 fully saturated rings. The fraction of sp³-hybridized carbons (Fsp3) is 0.458. The number of amides is 3. The Bertz CT molecular complexity index is 1290. The Hall–Kier alpha value is -3.13. The molecule has 0 saturated carbocycles.